The van der Waals surface area contributed by atoms with Crippen LogP contribution in [0.4, 0.5) is 0 Å². The highest BCUT2D eigenvalue weighted by Crippen LogP contribution is 2.37. The van der Waals surface area contributed by atoms with E-state index in [0.717, 1.165) is 5.56 Å². The summed E-state index contributed by atoms with van der Waals surface area (Å²) in [5.74, 6) is 0.671. The Hall–Kier alpha value is -2.15. The lowest BCUT2D eigenvalue weighted by atomic mass is 9.88. The standard InChI is InChI=1S/C25H25ClNOP/c1-25(2,3)22-17-28-24(27-22)23-20(26)15-10-16-21(23)29(18-11-6-4-7-12-18)19-13-8-5-9-14-19/h4-16,22H,17H2,1-3H3/t22-/m0/s1. The monoisotopic (exact) mass is 421 g/mol. The maximum atomic E-state index is 6.74. The number of nitrogens with zero attached hydrogens (tertiary/aromatic N) is 1. The summed E-state index contributed by atoms with van der Waals surface area (Å²) in [7, 11) is -0.787. The SMILES string of the molecule is CC(C)(C)[C@@H]1COC(c2c(Cl)cccc2P(c2ccccc2)c2ccccc2)=N1. The molecule has 4 rings (SSSR count). The largest absolute Gasteiger partial charge is 0.475 e. The maximum absolute atomic E-state index is 6.74. The lowest BCUT2D eigenvalue weighted by molar-refractivity contribution is 0.236. The molecule has 29 heavy (non-hydrogen) atoms. The van der Waals surface area contributed by atoms with Crippen LogP contribution in [-0.2, 0) is 4.74 Å². The highest BCUT2D eigenvalue weighted by atomic mass is 35.5. The van der Waals surface area contributed by atoms with Crippen molar-refractivity contribution in [1.29, 1.82) is 0 Å². The van der Waals surface area contributed by atoms with Gasteiger partial charge in [0.1, 0.15) is 6.61 Å². The summed E-state index contributed by atoms with van der Waals surface area (Å²) in [6, 6.07) is 27.5. The van der Waals surface area contributed by atoms with Crippen LogP contribution in [0.3, 0.4) is 0 Å². The molecule has 0 saturated heterocycles. The molecule has 1 aliphatic rings. The van der Waals surface area contributed by atoms with E-state index in [9.17, 15) is 0 Å². The first-order valence-corrected chi connectivity index (χ1v) is 11.6. The minimum absolute atomic E-state index is 0.0484. The molecule has 3 aromatic carbocycles. The van der Waals surface area contributed by atoms with Gasteiger partial charge in [0.15, 0.2) is 0 Å². The summed E-state index contributed by atoms with van der Waals surface area (Å²) in [6.45, 7) is 7.18. The maximum Gasteiger partial charge on any atom is 0.218 e. The lowest BCUT2D eigenvalue weighted by Gasteiger charge is -2.22. The van der Waals surface area contributed by atoms with Crippen molar-refractivity contribution in [2.75, 3.05) is 6.61 Å². The van der Waals surface area contributed by atoms with Crippen molar-refractivity contribution in [2.24, 2.45) is 10.4 Å². The number of aliphatic imine (C=N–C) groups is 1. The van der Waals surface area contributed by atoms with Crippen LogP contribution in [0, 0.1) is 5.41 Å². The zero-order valence-corrected chi connectivity index (χ0v) is 18.6. The highest BCUT2D eigenvalue weighted by molar-refractivity contribution is 7.80. The molecule has 0 amide bonds. The molecule has 2 nitrogen and oxygen atoms in total. The van der Waals surface area contributed by atoms with Crippen LogP contribution < -0.4 is 15.9 Å². The summed E-state index contributed by atoms with van der Waals surface area (Å²) in [5.41, 5.74) is 0.979. The third kappa shape index (κ3) is 4.25. The smallest absolute Gasteiger partial charge is 0.218 e. The fraction of sp³-hybridized carbons (Fsp3) is 0.240. The van der Waals surface area contributed by atoms with Gasteiger partial charge in [0.05, 0.1) is 16.6 Å². The van der Waals surface area contributed by atoms with Gasteiger partial charge in [0.25, 0.3) is 0 Å². The third-order valence-electron chi connectivity index (χ3n) is 5.13. The Morgan fingerprint density at radius 3 is 1.97 bits per heavy atom. The summed E-state index contributed by atoms with van der Waals surface area (Å²) in [5, 5.41) is 4.43. The zero-order valence-electron chi connectivity index (χ0n) is 17.0. The quantitative estimate of drug-likeness (QED) is 0.524. The Labute approximate surface area is 179 Å². The van der Waals surface area contributed by atoms with Gasteiger partial charge in [0.2, 0.25) is 5.90 Å². The first kappa shape index (κ1) is 20.1. The Bertz CT molecular complexity index is 972. The van der Waals surface area contributed by atoms with E-state index in [1.807, 2.05) is 12.1 Å². The molecule has 1 atom stereocenters. The summed E-state index contributed by atoms with van der Waals surface area (Å²) < 4.78 is 6.10. The molecule has 0 bridgehead atoms. The summed E-state index contributed by atoms with van der Waals surface area (Å²) in [6.07, 6.45) is 0. The summed E-state index contributed by atoms with van der Waals surface area (Å²) in [4.78, 5) is 4.94. The van der Waals surface area contributed by atoms with Crippen LogP contribution in [0.15, 0.2) is 83.9 Å². The number of ether oxygens (including phenoxy) is 1. The van der Waals surface area contributed by atoms with Gasteiger partial charge in [-0.25, -0.2) is 4.99 Å². The Kier molecular flexibility index (Phi) is 5.76. The molecule has 0 fully saturated rings. The van der Waals surface area contributed by atoms with Crippen molar-refractivity contribution in [3.8, 4) is 0 Å². The van der Waals surface area contributed by atoms with Crippen LogP contribution in [0.2, 0.25) is 5.02 Å². The molecule has 148 valence electrons. The minimum atomic E-state index is -0.787. The van der Waals surface area contributed by atoms with E-state index in [-0.39, 0.29) is 11.5 Å². The Morgan fingerprint density at radius 1 is 0.862 bits per heavy atom. The van der Waals surface area contributed by atoms with Gasteiger partial charge < -0.3 is 4.74 Å². The molecular formula is C25H25ClNOP. The van der Waals surface area contributed by atoms with Crippen LogP contribution in [-0.4, -0.2) is 18.5 Å². The van der Waals surface area contributed by atoms with E-state index in [2.05, 4.69) is 87.5 Å². The first-order valence-electron chi connectivity index (χ1n) is 9.85. The molecular weight excluding hydrogens is 397 g/mol. The number of halogens is 1. The van der Waals surface area contributed by atoms with E-state index in [1.54, 1.807) is 0 Å². The average molecular weight is 422 g/mol. The van der Waals surface area contributed by atoms with E-state index < -0.39 is 7.92 Å². The lowest BCUT2D eigenvalue weighted by Crippen LogP contribution is -2.26. The van der Waals surface area contributed by atoms with Crippen molar-refractivity contribution in [1.82, 2.24) is 0 Å². The molecule has 4 heteroatoms. The second-order valence-electron chi connectivity index (χ2n) is 8.27. The molecule has 0 aromatic heterocycles. The second-order valence-corrected chi connectivity index (χ2v) is 10.9. The van der Waals surface area contributed by atoms with Crippen LogP contribution in [0.25, 0.3) is 0 Å². The number of hydrogen-bond donors (Lipinski definition) is 0. The minimum Gasteiger partial charge on any atom is -0.475 e. The summed E-state index contributed by atoms with van der Waals surface area (Å²) >= 11 is 6.74. The molecule has 0 saturated carbocycles. The molecule has 0 radical (unpaired) electrons. The molecule has 3 aromatic rings. The Balaban J connectivity index is 1.89. The fourth-order valence-electron chi connectivity index (χ4n) is 3.45. The topological polar surface area (TPSA) is 21.6 Å². The van der Waals surface area contributed by atoms with Gasteiger partial charge in [0, 0.05) is 0 Å². The molecule has 0 unspecified atom stereocenters. The normalized spacial score (nSPS) is 16.6. The average Bonchev–Trinajstić information content (AvgIpc) is 3.20. The highest BCUT2D eigenvalue weighted by Gasteiger charge is 2.33. The van der Waals surface area contributed by atoms with Gasteiger partial charge in [-0.2, -0.15) is 0 Å². The van der Waals surface area contributed by atoms with Gasteiger partial charge in [-0.15, -0.1) is 0 Å². The van der Waals surface area contributed by atoms with E-state index >= 15 is 0 Å². The van der Waals surface area contributed by atoms with Crippen molar-refractivity contribution < 1.29 is 4.74 Å². The van der Waals surface area contributed by atoms with Gasteiger partial charge in [-0.1, -0.05) is 105 Å². The van der Waals surface area contributed by atoms with E-state index in [1.165, 1.54) is 15.9 Å². The van der Waals surface area contributed by atoms with Crippen molar-refractivity contribution in [3.05, 3.63) is 89.4 Å². The van der Waals surface area contributed by atoms with E-state index in [0.29, 0.717) is 17.5 Å². The molecule has 0 spiro atoms. The van der Waals surface area contributed by atoms with Crippen molar-refractivity contribution in [3.63, 3.8) is 0 Å². The predicted octanol–water partition coefficient (Wildman–Crippen LogP) is 5.29. The first-order chi connectivity index (χ1) is 13.9. The molecule has 1 aliphatic heterocycles. The van der Waals surface area contributed by atoms with Gasteiger partial charge in [-0.05, 0) is 35.3 Å². The Morgan fingerprint density at radius 2 is 1.45 bits per heavy atom. The number of rotatable bonds is 4. The number of hydrogen-bond acceptors (Lipinski definition) is 2. The van der Waals surface area contributed by atoms with Gasteiger partial charge >= 0.3 is 0 Å². The van der Waals surface area contributed by atoms with Crippen molar-refractivity contribution >= 4 is 41.3 Å². The van der Waals surface area contributed by atoms with Crippen LogP contribution >= 0.6 is 19.5 Å². The molecule has 0 N–H and O–H groups in total. The predicted molar refractivity (Wildman–Crippen MR) is 126 cm³/mol. The fourth-order valence-corrected chi connectivity index (χ4v) is 6.24. The van der Waals surface area contributed by atoms with Crippen LogP contribution in [0.5, 0.6) is 0 Å². The van der Waals surface area contributed by atoms with Gasteiger partial charge in [-0.3, -0.25) is 0 Å². The zero-order chi connectivity index (χ0) is 20.4. The molecule has 1 heterocycles. The van der Waals surface area contributed by atoms with E-state index in [4.69, 9.17) is 21.3 Å². The number of benzene rings is 3. The van der Waals surface area contributed by atoms with Crippen molar-refractivity contribution in [2.45, 2.75) is 26.8 Å². The second kappa shape index (κ2) is 8.30. The molecule has 0 aliphatic carbocycles. The third-order valence-corrected chi connectivity index (χ3v) is 7.92. The van der Waals surface area contributed by atoms with Crippen LogP contribution in [0.1, 0.15) is 26.3 Å².